The molecule has 0 aromatic carbocycles. The van der Waals surface area contributed by atoms with E-state index >= 15 is 0 Å². The lowest BCUT2D eigenvalue weighted by Gasteiger charge is -2.03. The first kappa shape index (κ1) is 8.73. The predicted molar refractivity (Wildman–Crippen MR) is 45.6 cm³/mol. The van der Waals surface area contributed by atoms with Crippen LogP contribution in [0.5, 0.6) is 0 Å². The normalized spacial score (nSPS) is 12.6. The van der Waals surface area contributed by atoms with E-state index in [0.717, 1.165) is 5.69 Å². The topological polar surface area (TPSA) is 83.8 Å². The molecule has 0 saturated carbocycles. The molecule has 0 saturated heterocycles. The summed E-state index contributed by atoms with van der Waals surface area (Å²) in [6.07, 6.45) is 0. The number of amides is 1. The van der Waals surface area contributed by atoms with Gasteiger partial charge >= 0.3 is 0 Å². The summed E-state index contributed by atoms with van der Waals surface area (Å²) in [4.78, 5) is 11.0. The Balaban J connectivity index is 2.58. The molecule has 1 amide bonds. The molecule has 0 aliphatic heterocycles. The zero-order valence-corrected chi connectivity index (χ0v) is 7.09. The minimum Gasteiger partial charge on any atom is -0.320 e. The van der Waals surface area contributed by atoms with Gasteiger partial charge in [-0.15, -0.1) is 0 Å². The zero-order valence-electron chi connectivity index (χ0n) is 7.09. The highest BCUT2D eigenvalue weighted by atomic mass is 16.2. The van der Waals surface area contributed by atoms with Crippen molar-refractivity contribution in [3.05, 3.63) is 11.8 Å². The molecule has 1 heterocycles. The van der Waals surface area contributed by atoms with Crippen molar-refractivity contribution in [2.45, 2.75) is 19.9 Å². The van der Waals surface area contributed by atoms with Gasteiger partial charge in [-0.3, -0.25) is 9.89 Å². The highest BCUT2D eigenvalue weighted by molar-refractivity contribution is 5.93. The Morgan fingerprint density at radius 1 is 1.83 bits per heavy atom. The Labute approximate surface area is 70.3 Å². The van der Waals surface area contributed by atoms with E-state index in [9.17, 15) is 4.79 Å². The van der Waals surface area contributed by atoms with E-state index in [0.29, 0.717) is 5.82 Å². The van der Waals surface area contributed by atoms with Crippen LogP contribution < -0.4 is 11.1 Å². The number of nitrogens with two attached hydrogens (primary N) is 1. The van der Waals surface area contributed by atoms with E-state index in [-0.39, 0.29) is 5.91 Å². The van der Waals surface area contributed by atoms with Gasteiger partial charge in [-0.05, 0) is 13.8 Å². The fourth-order valence-corrected chi connectivity index (χ4v) is 0.722. The fraction of sp³-hybridized carbons (Fsp3) is 0.429. The summed E-state index contributed by atoms with van der Waals surface area (Å²) in [6.45, 7) is 3.48. The maximum Gasteiger partial charge on any atom is 0.242 e. The first-order valence-electron chi connectivity index (χ1n) is 3.68. The summed E-state index contributed by atoms with van der Waals surface area (Å²) in [5.74, 6) is 0.274. The standard InChI is InChI=1S/C7H12N4O/c1-4-3-6(11-10-4)9-7(12)5(2)8/h3,5H,8H2,1-2H3,(H2,9,10,11,12)/t5-/m0/s1. The Kier molecular flexibility index (Phi) is 2.44. The van der Waals surface area contributed by atoms with Crippen molar-refractivity contribution < 1.29 is 4.79 Å². The minimum atomic E-state index is -0.512. The fourth-order valence-electron chi connectivity index (χ4n) is 0.722. The summed E-state index contributed by atoms with van der Waals surface area (Å²) in [6, 6.07) is 1.22. The van der Waals surface area contributed by atoms with Gasteiger partial charge in [0.05, 0.1) is 6.04 Å². The van der Waals surface area contributed by atoms with Gasteiger partial charge in [0, 0.05) is 11.8 Å². The molecule has 0 radical (unpaired) electrons. The quantitative estimate of drug-likeness (QED) is 0.581. The monoisotopic (exact) mass is 168 g/mol. The Bertz CT molecular complexity index is 279. The number of aryl methyl sites for hydroxylation is 1. The van der Waals surface area contributed by atoms with Gasteiger partial charge in [-0.2, -0.15) is 5.10 Å². The molecular weight excluding hydrogens is 156 g/mol. The average molecular weight is 168 g/mol. The molecule has 66 valence electrons. The molecule has 1 aromatic heterocycles. The summed E-state index contributed by atoms with van der Waals surface area (Å²) in [5.41, 5.74) is 6.24. The van der Waals surface area contributed by atoms with Crippen LogP contribution >= 0.6 is 0 Å². The molecule has 5 heteroatoms. The average Bonchev–Trinajstić information content (AvgIpc) is 2.35. The van der Waals surface area contributed by atoms with Gasteiger partial charge in [0.15, 0.2) is 5.82 Å². The van der Waals surface area contributed by atoms with Crippen molar-refractivity contribution in [1.82, 2.24) is 10.2 Å². The van der Waals surface area contributed by atoms with Crippen LogP contribution in [0, 0.1) is 6.92 Å². The lowest BCUT2D eigenvalue weighted by Crippen LogP contribution is -2.32. The lowest BCUT2D eigenvalue weighted by atomic mass is 10.3. The minimum absolute atomic E-state index is 0.235. The van der Waals surface area contributed by atoms with Crippen molar-refractivity contribution in [2.75, 3.05) is 5.32 Å². The molecule has 1 rings (SSSR count). The molecule has 0 aliphatic carbocycles. The smallest absolute Gasteiger partial charge is 0.242 e. The molecule has 0 aliphatic rings. The third-order valence-corrected chi connectivity index (χ3v) is 1.37. The number of aromatic nitrogens is 2. The van der Waals surface area contributed by atoms with Crippen molar-refractivity contribution >= 4 is 11.7 Å². The third kappa shape index (κ3) is 2.06. The molecular formula is C7H12N4O. The van der Waals surface area contributed by atoms with Crippen LogP contribution in [0.2, 0.25) is 0 Å². The Hall–Kier alpha value is -1.36. The number of rotatable bonds is 2. The highest BCUT2D eigenvalue weighted by Crippen LogP contribution is 2.03. The molecule has 1 aromatic rings. The molecule has 12 heavy (non-hydrogen) atoms. The number of nitrogens with zero attached hydrogens (tertiary/aromatic N) is 1. The molecule has 5 nitrogen and oxygen atoms in total. The number of carbonyl (C=O) groups is 1. The van der Waals surface area contributed by atoms with Crippen molar-refractivity contribution in [3.63, 3.8) is 0 Å². The van der Waals surface area contributed by atoms with Crippen LogP contribution in [-0.2, 0) is 4.79 Å². The van der Waals surface area contributed by atoms with E-state index in [4.69, 9.17) is 5.73 Å². The van der Waals surface area contributed by atoms with Crippen LogP contribution in [0.3, 0.4) is 0 Å². The van der Waals surface area contributed by atoms with Crippen molar-refractivity contribution in [2.24, 2.45) is 5.73 Å². The SMILES string of the molecule is Cc1cc(NC(=O)[C@H](C)N)n[nH]1. The van der Waals surface area contributed by atoms with Crippen molar-refractivity contribution in [1.29, 1.82) is 0 Å². The van der Waals surface area contributed by atoms with E-state index in [1.807, 2.05) is 6.92 Å². The number of carbonyl (C=O) groups excluding carboxylic acids is 1. The second kappa shape index (κ2) is 3.36. The van der Waals surface area contributed by atoms with E-state index in [1.54, 1.807) is 13.0 Å². The number of nitrogens with one attached hydrogen (secondary N) is 2. The predicted octanol–water partition coefficient (Wildman–Crippen LogP) is 0.00382. The summed E-state index contributed by atoms with van der Waals surface area (Å²) >= 11 is 0. The largest absolute Gasteiger partial charge is 0.320 e. The van der Waals surface area contributed by atoms with E-state index < -0.39 is 6.04 Å². The molecule has 4 N–H and O–H groups in total. The maximum atomic E-state index is 11.0. The third-order valence-electron chi connectivity index (χ3n) is 1.37. The second-order valence-electron chi connectivity index (χ2n) is 2.71. The number of hydrogen-bond acceptors (Lipinski definition) is 3. The van der Waals surface area contributed by atoms with E-state index in [1.165, 1.54) is 0 Å². The summed E-state index contributed by atoms with van der Waals surface area (Å²) < 4.78 is 0. The first-order valence-corrected chi connectivity index (χ1v) is 3.68. The van der Waals surface area contributed by atoms with Crippen LogP contribution in [-0.4, -0.2) is 22.1 Å². The van der Waals surface area contributed by atoms with Crippen LogP contribution in [0.4, 0.5) is 5.82 Å². The first-order chi connectivity index (χ1) is 5.59. The number of aromatic amines is 1. The van der Waals surface area contributed by atoms with Crippen LogP contribution in [0.1, 0.15) is 12.6 Å². The van der Waals surface area contributed by atoms with Gasteiger partial charge < -0.3 is 11.1 Å². The molecule has 0 spiro atoms. The lowest BCUT2D eigenvalue weighted by molar-refractivity contribution is -0.117. The van der Waals surface area contributed by atoms with Crippen LogP contribution in [0.15, 0.2) is 6.07 Å². The summed E-state index contributed by atoms with van der Waals surface area (Å²) in [7, 11) is 0. The highest BCUT2D eigenvalue weighted by Gasteiger charge is 2.08. The van der Waals surface area contributed by atoms with Gasteiger partial charge in [0.1, 0.15) is 0 Å². The van der Waals surface area contributed by atoms with Gasteiger partial charge in [-0.1, -0.05) is 0 Å². The summed E-state index contributed by atoms with van der Waals surface area (Å²) in [5, 5.41) is 9.09. The van der Waals surface area contributed by atoms with Gasteiger partial charge in [-0.25, -0.2) is 0 Å². The molecule has 0 fully saturated rings. The Morgan fingerprint density at radius 2 is 2.50 bits per heavy atom. The zero-order chi connectivity index (χ0) is 9.14. The van der Waals surface area contributed by atoms with Gasteiger partial charge in [0.2, 0.25) is 5.91 Å². The molecule has 0 bridgehead atoms. The van der Waals surface area contributed by atoms with E-state index in [2.05, 4.69) is 15.5 Å². The molecule has 0 unspecified atom stereocenters. The molecule has 1 atom stereocenters. The number of anilines is 1. The second-order valence-corrected chi connectivity index (χ2v) is 2.71. The number of hydrogen-bond donors (Lipinski definition) is 3. The van der Waals surface area contributed by atoms with Gasteiger partial charge in [0.25, 0.3) is 0 Å². The maximum absolute atomic E-state index is 11.0. The van der Waals surface area contributed by atoms with Crippen molar-refractivity contribution in [3.8, 4) is 0 Å². The van der Waals surface area contributed by atoms with Crippen LogP contribution in [0.25, 0.3) is 0 Å². The number of H-pyrrole nitrogens is 1. The Morgan fingerprint density at radius 3 is 2.92 bits per heavy atom.